The second-order valence-corrected chi connectivity index (χ2v) is 4.13. The summed E-state index contributed by atoms with van der Waals surface area (Å²) in [6.45, 7) is 0.946. The average Bonchev–Trinajstić information content (AvgIpc) is 2.81. The minimum Gasteiger partial charge on any atom is -0.386 e. The number of halogens is 1. The Morgan fingerprint density at radius 1 is 1.69 bits per heavy atom. The van der Waals surface area contributed by atoms with Crippen molar-refractivity contribution in [1.29, 1.82) is 0 Å². The molecule has 0 radical (unpaired) electrons. The Hall–Kier alpha value is -0.420. The van der Waals surface area contributed by atoms with Gasteiger partial charge in [-0.2, -0.15) is 0 Å². The molecular weight excluding hydrogens is 234 g/mol. The molecule has 0 aliphatic heterocycles. The Labute approximate surface area is 85.1 Å². The zero-order valence-electron chi connectivity index (χ0n) is 7.23. The minimum absolute atomic E-state index is 0.509. The number of alkyl halides is 1. The average molecular weight is 246 g/mol. The van der Waals surface area contributed by atoms with Crippen LogP contribution in [0.4, 0.5) is 0 Å². The number of aromatic nitrogens is 3. The molecule has 1 aliphatic carbocycles. The van der Waals surface area contributed by atoms with E-state index >= 15 is 0 Å². The van der Waals surface area contributed by atoms with Crippen molar-refractivity contribution in [1.82, 2.24) is 15.0 Å². The zero-order valence-corrected chi connectivity index (χ0v) is 8.81. The first kappa shape index (κ1) is 9.15. The number of hydrogen-bond acceptors (Lipinski definition) is 3. The Morgan fingerprint density at radius 3 is 3.08 bits per heavy atom. The highest BCUT2D eigenvalue weighted by molar-refractivity contribution is 9.09. The number of aliphatic hydroxyl groups excluding tert-OH is 1. The first-order valence-corrected chi connectivity index (χ1v) is 5.56. The molecule has 13 heavy (non-hydrogen) atoms. The highest BCUT2D eigenvalue weighted by Crippen LogP contribution is 2.30. The fourth-order valence-electron chi connectivity index (χ4n) is 1.20. The van der Waals surface area contributed by atoms with E-state index in [9.17, 15) is 5.11 Å². The van der Waals surface area contributed by atoms with E-state index in [0.29, 0.717) is 11.0 Å². The van der Waals surface area contributed by atoms with E-state index in [2.05, 4.69) is 26.2 Å². The van der Waals surface area contributed by atoms with Gasteiger partial charge in [0.2, 0.25) is 0 Å². The molecule has 1 atom stereocenters. The Kier molecular flexibility index (Phi) is 2.64. The molecular formula is C8H12BrN3O. The van der Waals surface area contributed by atoms with Crippen LogP contribution in [0.25, 0.3) is 0 Å². The molecule has 1 fully saturated rings. The standard InChI is InChI=1S/C8H12BrN3O/c9-3-8(13)7-5-12(11-10-7)4-6-1-2-6/h5-6,8,13H,1-4H2. The number of nitrogens with zero attached hydrogens (tertiary/aromatic N) is 3. The molecule has 0 amide bonds. The monoisotopic (exact) mass is 245 g/mol. The molecule has 1 N–H and O–H groups in total. The molecule has 1 aromatic heterocycles. The molecule has 2 rings (SSSR count). The van der Waals surface area contributed by atoms with Crippen LogP contribution >= 0.6 is 15.9 Å². The lowest BCUT2D eigenvalue weighted by atomic mass is 10.3. The van der Waals surface area contributed by atoms with Crippen molar-refractivity contribution < 1.29 is 5.11 Å². The number of aliphatic hydroxyl groups is 1. The van der Waals surface area contributed by atoms with E-state index in [1.165, 1.54) is 12.8 Å². The maximum Gasteiger partial charge on any atom is 0.112 e. The Morgan fingerprint density at radius 2 is 2.46 bits per heavy atom. The Balaban J connectivity index is 1.99. The van der Waals surface area contributed by atoms with Gasteiger partial charge in [-0.15, -0.1) is 5.10 Å². The summed E-state index contributed by atoms with van der Waals surface area (Å²) in [6.07, 6.45) is 3.89. The molecule has 1 heterocycles. The molecule has 1 saturated carbocycles. The van der Waals surface area contributed by atoms with Gasteiger partial charge in [-0.3, -0.25) is 4.68 Å². The van der Waals surface area contributed by atoms with Gasteiger partial charge in [-0.1, -0.05) is 21.1 Å². The molecule has 0 bridgehead atoms. The smallest absolute Gasteiger partial charge is 0.112 e. The van der Waals surface area contributed by atoms with Crippen molar-refractivity contribution >= 4 is 15.9 Å². The molecule has 72 valence electrons. The van der Waals surface area contributed by atoms with E-state index in [1.54, 1.807) is 0 Å². The van der Waals surface area contributed by atoms with Crippen LogP contribution in [0.5, 0.6) is 0 Å². The summed E-state index contributed by atoms with van der Waals surface area (Å²) in [7, 11) is 0. The van der Waals surface area contributed by atoms with Gasteiger partial charge in [0.15, 0.2) is 0 Å². The normalized spacial score (nSPS) is 18.9. The maximum atomic E-state index is 9.43. The summed E-state index contributed by atoms with van der Waals surface area (Å²) in [5.74, 6) is 0.788. The van der Waals surface area contributed by atoms with Crippen LogP contribution in [0.15, 0.2) is 6.20 Å². The highest BCUT2D eigenvalue weighted by atomic mass is 79.9. The van der Waals surface area contributed by atoms with Crippen molar-refractivity contribution in [3.63, 3.8) is 0 Å². The third kappa shape index (κ3) is 2.28. The quantitative estimate of drug-likeness (QED) is 0.810. The molecule has 1 aromatic rings. The molecule has 5 heteroatoms. The molecule has 1 aliphatic rings. The molecule has 4 nitrogen and oxygen atoms in total. The van der Waals surface area contributed by atoms with Crippen LogP contribution in [0, 0.1) is 5.92 Å². The highest BCUT2D eigenvalue weighted by Gasteiger charge is 2.22. The van der Waals surface area contributed by atoms with Gasteiger partial charge in [0.05, 0.1) is 6.20 Å². The fourth-order valence-corrected chi connectivity index (χ4v) is 1.53. The lowest BCUT2D eigenvalue weighted by Crippen LogP contribution is -2.00. The summed E-state index contributed by atoms with van der Waals surface area (Å²) in [4.78, 5) is 0. The molecule has 0 aromatic carbocycles. The van der Waals surface area contributed by atoms with E-state index in [1.807, 2.05) is 10.9 Å². The summed E-state index contributed by atoms with van der Waals surface area (Å²) >= 11 is 3.20. The van der Waals surface area contributed by atoms with E-state index in [-0.39, 0.29) is 0 Å². The third-order valence-corrected chi connectivity index (χ3v) is 2.80. The lowest BCUT2D eigenvalue weighted by molar-refractivity contribution is 0.200. The van der Waals surface area contributed by atoms with Gasteiger partial charge in [-0.25, -0.2) is 0 Å². The van der Waals surface area contributed by atoms with Crippen LogP contribution in [-0.2, 0) is 6.54 Å². The largest absolute Gasteiger partial charge is 0.386 e. The summed E-state index contributed by atoms with van der Waals surface area (Å²) in [5.41, 5.74) is 0.650. The van der Waals surface area contributed by atoms with E-state index in [4.69, 9.17) is 0 Å². The SMILES string of the molecule is OC(CBr)c1cn(CC2CC2)nn1. The van der Waals surface area contributed by atoms with Crippen LogP contribution in [0.1, 0.15) is 24.6 Å². The van der Waals surface area contributed by atoms with Gasteiger partial charge < -0.3 is 5.11 Å². The molecule has 0 saturated heterocycles. The summed E-state index contributed by atoms with van der Waals surface area (Å²) in [5, 5.41) is 17.8. The topological polar surface area (TPSA) is 50.9 Å². The van der Waals surface area contributed by atoms with Crippen LogP contribution in [0.2, 0.25) is 0 Å². The van der Waals surface area contributed by atoms with Gasteiger partial charge >= 0.3 is 0 Å². The Bertz CT molecular complexity index is 285. The second-order valence-electron chi connectivity index (χ2n) is 3.48. The van der Waals surface area contributed by atoms with Crippen molar-refractivity contribution in [2.24, 2.45) is 5.92 Å². The van der Waals surface area contributed by atoms with Gasteiger partial charge in [-0.05, 0) is 18.8 Å². The summed E-state index contributed by atoms with van der Waals surface area (Å²) in [6, 6.07) is 0. The van der Waals surface area contributed by atoms with E-state index in [0.717, 1.165) is 12.5 Å². The number of rotatable bonds is 4. The third-order valence-electron chi connectivity index (χ3n) is 2.19. The van der Waals surface area contributed by atoms with Crippen molar-refractivity contribution in [3.8, 4) is 0 Å². The van der Waals surface area contributed by atoms with Crippen LogP contribution in [0.3, 0.4) is 0 Å². The zero-order chi connectivity index (χ0) is 9.26. The van der Waals surface area contributed by atoms with E-state index < -0.39 is 6.10 Å². The first-order chi connectivity index (χ1) is 6.29. The van der Waals surface area contributed by atoms with Gasteiger partial charge in [0.25, 0.3) is 0 Å². The fraction of sp³-hybridized carbons (Fsp3) is 0.750. The van der Waals surface area contributed by atoms with Crippen LogP contribution in [-0.4, -0.2) is 25.4 Å². The van der Waals surface area contributed by atoms with Gasteiger partial charge in [0.1, 0.15) is 11.8 Å². The predicted octanol–water partition coefficient (Wildman–Crippen LogP) is 1.12. The minimum atomic E-state index is -0.534. The first-order valence-electron chi connectivity index (χ1n) is 4.43. The molecule has 0 spiro atoms. The van der Waals surface area contributed by atoms with Crippen LogP contribution < -0.4 is 0 Å². The summed E-state index contributed by atoms with van der Waals surface area (Å²) < 4.78 is 1.82. The second kappa shape index (κ2) is 3.75. The maximum absolute atomic E-state index is 9.43. The lowest BCUT2D eigenvalue weighted by Gasteiger charge is -1.99. The van der Waals surface area contributed by atoms with Crippen molar-refractivity contribution in [2.75, 3.05) is 5.33 Å². The predicted molar refractivity (Wildman–Crippen MR) is 51.5 cm³/mol. The number of hydrogen-bond donors (Lipinski definition) is 1. The van der Waals surface area contributed by atoms with Crippen molar-refractivity contribution in [3.05, 3.63) is 11.9 Å². The van der Waals surface area contributed by atoms with Gasteiger partial charge in [0, 0.05) is 11.9 Å². The van der Waals surface area contributed by atoms with Crippen molar-refractivity contribution in [2.45, 2.75) is 25.5 Å². The molecule has 1 unspecified atom stereocenters.